The summed E-state index contributed by atoms with van der Waals surface area (Å²) in [6.45, 7) is 3.75. The summed E-state index contributed by atoms with van der Waals surface area (Å²) in [6, 6.07) is 8.88. The van der Waals surface area contributed by atoms with E-state index in [9.17, 15) is 4.79 Å². The highest BCUT2D eigenvalue weighted by Crippen LogP contribution is 2.13. The highest BCUT2D eigenvalue weighted by molar-refractivity contribution is 6.31. The molecule has 0 saturated heterocycles. The zero-order valence-electron chi connectivity index (χ0n) is 11.3. The molecule has 0 aliphatic heterocycles. The third kappa shape index (κ3) is 3.68. The monoisotopic (exact) mass is 290 g/mol. The summed E-state index contributed by atoms with van der Waals surface area (Å²) in [6.07, 6.45) is 0.726. The van der Waals surface area contributed by atoms with Crippen LogP contribution in [0, 0.1) is 6.92 Å². The van der Waals surface area contributed by atoms with E-state index < -0.39 is 0 Å². The number of aromatic amines is 1. The number of benzene rings is 1. The smallest absolute Gasteiger partial charge is 0.252 e. The van der Waals surface area contributed by atoms with E-state index in [0.29, 0.717) is 16.7 Å². The van der Waals surface area contributed by atoms with Crippen molar-refractivity contribution in [3.63, 3.8) is 0 Å². The predicted molar refractivity (Wildman–Crippen MR) is 81.5 cm³/mol. The van der Waals surface area contributed by atoms with Crippen LogP contribution in [0.25, 0.3) is 0 Å². The maximum atomic E-state index is 11.3. The minimum absolute atomic E-state index is 0.212. The van der Waals surface area contributed by atoms with E-state index in [4.69, 9.17) is 11.6 Å². The molecule has 0 radical (unpaired) electrons. The van der Waals surface area contributed by atoms with Crippen LogP contribution < -0.4 is 11.0 Å². The number of anilines is 1. The molecule has 0 atom stereocenters. The van der Waals surface area contributed by atoms with Gasteiger partial charge >= 0.3 is 0 Å². The lowest BCUT2D eigenvalue weighted by molar-refractivity contribution is 1.04. The zero-order chi connectivity index (χ0) is 14.5. The lowest BCUT2D eigenvalue weighted by Crippen LogP contribution is -2.12. The number of nitrogens with zero attached hydrogens (tertiary/aromatic N) is 2. The standard InChI is InChI=1S/C14H15ClN4O/c1-3-12(10-5-4-6-11(15)8-10)18-19-14-16-9(2)7-13(20)17-14/h4-8H,3H2,1-2H3,(H2,16,17,19,20)/b18-12+. The number of rotatable bonds is 4. The third-order valence-electron chi connectivity index (χ3n) is 2.66. The molecule has 0 spiro atoms. The van der Waals surface area contributed by atoms with Gasteiger partial charge in [-0.25, -0.2) is 10.4 Å². The lowest BCUT2D eigenvalue weighted by Gasteiger charge is -2.06. The average molecular weight is 291 g/mol. The summed E-state index contributed by atoms with van der Waals surface area (Å²) in [5, 5.41) is 4.94. The second-order valence-corrected chi connectivity index (χ2v) is 4.71. The summed E-state index contributed by atoms with van der Waals surface area (Å²) in [7, 11) is 0. The molecule has 0 aliphatic rings. The van der Waals surface area contributed by atoms with Gasteiger partial charge in [-0.15, -0.1) is 0 Å². The Morgan fingerprint density at radius 3 is 2.90 bits per heavy atom. The van der Waals surface area contributed by atoms with Crippen molar-refractivity contribution < 1.29 is 0 Å². The summed E-state index contributed by atoms with van der Waals surface area (Å²) in [5.41, 5.74) is 4.96. The van der Waals surface area contributed by atoms with Gasteiger partial charge in [-0.2, -0.15) is 5.10 Å². The molecule has 1 heterocycles. The number of hydrazone groups is 1. The molecule has 20 heavy (non-hydrogen) atoms. The van der Waals surface area contributed by atoms with Crippen LogP contribution in [0.1, 0.15) is 24.6 Å². The Kier molecular flexibility index (Phi) is 4.53. The van der Waals surface area contributed by atoms with E-state index in [1.54, 1.807) is 6.92 Å². The topological polar surface area (TPSA) is 70.1 Å². The van der Waals surface area contributed by atoms with Crippen molar-refractivity contribution in [1.29, 1.82) is 0 Å². The van der Waals surface area contributed by atoms with Crippen LogP contribution in [0.15, 0.2) is 40.2 Å². The Morgan fingerprint density at radius 2 is 2.25 bits per heavy atom. The summed E-state index contributed by atoms with van der Waals surface area (Å²) < 4.78 is 0. The number of hydrogen-bond donors (Lipinski definition) is 2. The third-order valence-corrected chi connectivity index (χ3v) is 2.89. The van der Waals surface area contributed by atoms with E-state index in [-0.39, 0.29) is 5.56 Å². The minimum atomic E-state index is -0.212. The molecule has 2 aromatic rings. The van der Waals surface area contributed by atoms with Crippen LogP contribution in [0.3, 0.4) is 0 Å². The number of nitrogens with one attached hydrogen (secondary N) is 2. The van der Waals surface area contributed by atoms with Gasteiger partial charge in [-0.1, -0.05) is 30.7 Å². The Hall–Kier alpha value is -2.14. The van der Waals surface area contributed by atoms with Crippen LogP contribution in [0.2, 0.25) is 5.02 Å². The maximum absolute atomic E-state index is 11.3. The fraction of sp³-hybridized carbons (Fsp3) is 0.214. The first-order valence-corrected chi connectivity index (χ1v) is 6.62. The first kappa shape index (κ1) is 14.3. The highest BCUT2D eigenvalue weighted by Gasteiger charge is 2.03. The molecule has 2 N–H and O–H groups in total. The molecule has 104 valence electrons. The van der Waals surface area contributed by atoms with Crippen molar-refractivity contribution in [3.8, 4) is 0 Å². The number of hydrogen-bond acceptors (Lipinski definition) is 4. The number of aromatic nitrogens is 2. The Bertz CT molecular complexity index is 694. The second kappa shape index (κ2) is 6.34. The van der Waals surface area contributed by atoms with E-state index in [2.05, 4.69) is 20.5 Å². The van der Waals surface area contributed by atoms with Gasteiger partial charge in [0.05, 0.1) is 5.71 Å². The van der Waals surface area contributed by atoms with Crippen LogP contribution in [0.4, 0.5) is 5.95 Å². The Balaban J connectivity index is 2.25. The van der Waals surface area contributed by atoms with Crippen LogP contribution in [-0.2, 0) is 0 Å². The largest absolute Gasteiger partial charge is 0.291 e. The van der Waals surface area contributed by atoms with E-state index in [1.165, 1.54) is 6.07 Å². The Labute approximate surface area is 121 Å². The number of halogens is 1. The molecule has 0 saturated carbocycles. The van der Waals surface area contributed by atoms with Crippen LogP contribution in [0.5, 0.6) is 0 Å². The lowest BCUT2D eigenvalue weighted by atomic mass is 10.1. The van der Waals surface area contributed by atoms with Gasteiger partial charge in [0.15, 0.2) is 0 Å². The molecule has 0 aliphatic carbocycles. The molecule has 0 fully saturated rings. The van der Waals surface area contributed by atoms with Crippen molar-refractivity contribution in [1.82, 2.24) is 9.97 Å². The first-order chi connectivity index (χ1) is 9.58. The van der Waals surface area contributed by atoms with Crippen molar-refractivity contribution in [2.45, 2.75) is 20.3 Å². The fourth-order valence-corrected chi connectivity index (χ4v) is 1.96. The van der Waals surface area contributed by atoms with E-state index in [1.807, 2.05) is 31.2 Å². The van der Waals surface area contributed by atoms with Gasteiger partial charge in [0, 0.05) is 16.8 Å². The molecule has 0 amide bonds. The van der Waals surface area contributed by atoms with E-state index >= 15 is 0 Å². The number of aryl methyl sites for hydroxylation is 1. The SMILES string of the molecule is CC/C(=N\Nc1nc(C)cc(=O)[nH]1)c1cccc(Cl)c1. The molecule has 2 rings (SSSR count). The maximum Gasteiger partial charge on any atom is 0.252 e. The summed E-state index contributed by atoms with van der Waals surface area (Å²) in [4.78, 5) is 18.1. The van der Waals surface area contributed by atoms with Gasteiger partial charge in [0.2, 0.25) is 5.95 Å². The molecule has 6 heteroatoms. The van der Waals surface area contributed by atoms with E-state index in [0.717, 1.165) is 17.7 Å². The van der Waals surface area contributed by atoms with Crippen LogP contribution in [-0.4, -0.2) is 15.7 Å². The van der Waals surface area contributed by atoms with Gasteiger partial charge in [0.1, 0.15) is 0 Å². The molecular formula is C14H15ClN4O. The van der Waals surface area contributed by atoms with Crippen molar-refractivity contribution in [2.24, 2.45) is 5.10 Å². The van der Waals surface area contributed by atoms with Crippen molar-refractivity contribution in [3.05, 3.63) is 57.0 Å². The number of H-pyrrole nitrogens is 1. The fourth-order valence-electron chi connectivity index (χ4n) is 1.77. The molecular weight excluding hydrogens is 276 g/mol. The van der Waals surface area contributed by atoms with Gasteiger partial charge < -0.3 is 0 Å². The molecule has 1 aromatic heterocycles. The molecule has 0 bridgehead atoms. The van der Waals surface area contributed by atoms with Gasteiger partial charge in [-0.3, -0.25) is 9.78 Å². The van der Waals surface area contributed by atoms with Crippen LogP contribution >= 0.6 is 11.6 Å². The zero-order valence-corrected chi connectivity index (χ0v) is 12.0. The van der Waals surface area contributed by atoms with Crippen molar-refractivity contribution >= 4 is 23.3 Å². The highest BCUT2D eigenvalue weighted by atomic mass is 35.5. The second-order valence-electron chi connectivity index (χ2n) is 4.27. The minimum Gasteiger partial charge on any atom is -0.291 e. The Morgan fingerprint density at radius 1 is 1.45 bits per heavy atom. The molecule has 5 nitrogen and oxygen atoms in total. The summed E-state index contributed by atoms with van der Waals surface area (Å²) in [5.74, 6) is 0.322. The average Bonchev–Trinajstić information content (AvgIpc) is 2.38. The van der Waals surface area contributed by atoms with Gasteiger partial charge in [-0.05, 0) is 31.0 Å². The first-order valence-electron chi connectivity index (χ1n) is 6.25. The normalized spacial score (nSPS) is 11.4. The molecule has 1 aromatic carbocycles. The molecule has 0 unspecified atom stereocenters. The summed E-state index contributed by atoms with van der Waals surface area (Å²) >= 11 is 5.97. The predicted octanol–water partition coefficient (Wildman–Crippen LogP) is 2.96. The van der Waals surface area contributed by atoms with Gasteiger partial charge in [0.25, 0.3) is 5.56 Å². The quantitative estimate of drug-likeness (QED) is 0.672. The van der Waals surface area contributed by atoms with Crippen molar-refractivity contribution in [2.75, 3.05) is 5.43 Å².